The summed E-state index contributed by atoms with van der Waals surface area (Å²) in [5.41, 5.74) is 2.53. The maximum absolute atomic E-state index is 7.52. The minimum absolute atomic E-state index is 0.439. The molecule has 3 heteroatoms. The number of hydrogen-bond donors (Lipinski definition) is 1. The number of nitrogens with one attached hydrogen (secondary N) is 1. The van der Waals surface area contributed by atoms with Crippen molar-refractivity contribution in [3.63, 3.8) is 0 Å². The molecule has 0 heterocycles. The predicted molar refractivity (Wildman–Crippen MR) is 72.2 cm³/mol. The Balaban J connectivity index is 4.78. The van der Waals surface area contributed by atoms with E-state index in [0.717, 1.165) is 23.4 Å². The molecule has 0 aliphatic carbocycles. The molecule has 0 unspecified atom stereocenters. The first-order valence-corrected chi connectivity index (χ1v) is 5.24. The Hall–Kier alpha value is -1.64. The third-order valence-corrected chi connectivity index (χ3v) is 2.38. The minimum atomic E-state index is 0.439. The largest absolute Gasteiger partial charge is 0.332 e. The standard InChI is InChI=1S/C13H21N3/c1-7-10(2)8-9-13(15-5)11(3)16(6)12(4)14/h8-9,14H,2-3,7H2,1,4-6H3. The van der Waals surface area contributed by atoms with E-state index in [1.807, 2.05) is 12.2 Å². The molecule has 0 radical (unpaired) electrons. The van der Waals surface area contributed by atoms with Gasteiger partial charge in [0.25, 0.3) is 0 Å². The molecular formula is C13H21N3. The van der Waals surface area contributed by atoms with Crippen molar-refractivity contribution in [1.29, 1.82) is 5.41 Å². The van der Waals surface area contributed by atoms with E-state index in [4.69, 9.17) is 5.41 Å². The lowest BCUT2D eigenvalue weighted by molar-refractivity contribution is 0.652. The molecule has 0 saturated heterocycles. The predicted octanol–water partition coefficient (Wildman–Crippen LogP) is 3.02. The third kappa shape index (κ3) is 4.26. The summed E-state index contributed by atoms with van der Waals surface area (Å²) in [6.45, 7) is 11.6. The summed E-state index contributed by atoms with van der Waals surface area (Å²) in [5, 5.41) is 7.52. The lowest BCUT2D eigenvalue weighted by atomic mass is 10.1. The summed E-state index contributed by atoms with van der Waals surface area (Å²) in [4.78, 5) is 5.84. The molecule has 0 aromatic carbocycles. The van der Waals surface area contributed by atoms with Gasteiger partial charge in [0.15, 0.2) is 0 Å². The first-order chi connectivity index (χ1) is 7.43. The van der Waals surface area contributed by atoms with Gasteiger partial charge in [-0.25, -0.2) is 0 Å². The monoisotopic (exact) mass is 219 g/mol. The fraction of sp³-hybridized carbons (Fsp3) is 0.385. The van der Waals surface area contributed by atoms with Crippen LogP contribution >= 0.6 is 0 Å². The molecule has 88 valence electrons. The van der Waals surface area contributed by atoms with Crippen LogP contribution in [0.5, 0.6) is 0 Å². The number of hydrogen-bond acceptors (Lipinski definition) is 2. The normalized spacial score (nSPS) is 11.6. The molecule has 0 aliphatic rings. The summed E-state index contributed by atoms with van der Waals surface area (Å²) < 4.78 is 0. The van der Waals surface area contributed by atoms with E-state index >= 15 is 0 Å². The summed E-state index contributed by atoms with van der Waals surface area (Å²) >= 11 is 0. The van der Waals surface area contributed by atoms with E-state index in [1.165, 1.54) is 0 Å². The lowest BCUT2D eigenvalue weighted by Crippen LogP contribution is -2.26. The Labute approximate surface area is 98.4 Å². The first kappa shape index (κ1) is 14.4. The molecule has 3 nitrogen and oxygen atoms in total. The van der Waals surface area contributed by atoms with Crippen molar-refractivity contribution < 1.29 is 0 Å². The molecule has 0 spiro atoms. The van der Waals surface area contributed by atoms with Crippen LogP contribution in [0.4, 0.5) is 0 Å². The smallest absolute Gasteiger partial charge is 0.0968 e. The van der Waals surface area contributed by atoms with Crippen molar-refractivity contribution in [1.82, 2.24) is 4.90 Å². The van der Waals surface area contributed by atoms with Gasteiger partial charge < -0.3 is 4.90 Å². The van der Waals surface area contributed by atoms with Crippen LogP contribution in [0.15, 0.2) is 41.6 Å². The van der Waals surface area contributed by atoms with Gasteiger partial charge in [0.1, 0.15) is 0 Å². The minimum Gasteiger partial charge on any atom is -0.332 e. The zero-order valence-electron chi connectivity index (χ0n) is 10.7. The van der Waals surface area contributed by atoms with E-state index in [9.17, 15) is 0 Å². The van der Waals surface area contributed by atoms with Crippen molar-refractivity contribution in [2.24, 2.45) is 4.99 Å². The number of aliphatic imine (C=N–C) groups is 1. The van der Waals surface area contributed by atoms with Crippen LogP contribution in [0.1, 0.15) is 20.3 Å². The molecule has 0 rings (SSSR count). The Morgan fingerprint density at radius 1 is 1.38 bits per heavy atom. The molecule has 0 aromatic rings. The maximum atomic E-state index is 7.52. The van der Waals surface area contributed by atoms with E-state index in [0.29, 0.717) is 5.84 Å². The van der Waals surface area contributed by atoms with Crippen LogP contribution in [0, 0.1) is 5.41 Å². The van der Waals surface area contributed by atoms with Crippen LogP contribution in [0.25, 0.3) is 0 Å². The van der Waals surface area contributed by atoms with Gasteiger partial charge in [-0.2, -0.15) is 0 Å². The van der Waals surface area contributed by atoms with E-state index in [1.54, 1.807) is 25.9 Å². The zero-order valence-corrected chi connectivity index (χ0v) is 10.7. The highest BCUT2D eigenvalue weighted by molar-refractivity contribution is 6.09. The van der Waals surface area contributed by atoms with Crippen molar-refractivity contribution in [2.75, 3.05) is 14.1 Å². The van der Waals surface area contributed by atoms with Gasteiger partial charge in [-0.05, 0) is 19.4 Å². The van der Waals surface area contributed by atoms with Crippen molar-refractivity contribution in [3.05, 3.63) is 36.6 Å². The van der Waals surface area contributed by atoms with Crippen LogP contribution in [-0.4, -0.2) is 30.5 Å². The van der Waals surface area contributed by atoms with Gasteiger partial charge in [0, 0.05) is 14.1 Å². The van der Waals surface area contributed by atoms with Crippen LogP contribution in [-0.2, 0) is 0 Å². The Morgan fingerprint density at radius 3 is 2.31 bits per heavy atom. The average molecular weight is 219 g/mol. The quantitative estimate of drug-likeness (QED) is 0.431. The molecule has 0 aliphatic heterocycles. The Morgan fingerprint density at radius 2 is 1.94 bits per heavy atom. The summed E-state index contributed by atoms with van der Waals surface area (Å²) in [6.07, 6.45) is 4.73. The highest BCUT2D eigenvalue weighted by atomic mass is 15.1. The van der Waals surface area contributed by atoms with E-state index in [-0.39, 0.29) is 0 Å². The lowest BCUT2D eigenvalue weighted by Gasteiger charge is -2.19. The molecule has 0 fully saturated rings. The molecule has 0 amide bonds. The number of rotatable bonds is 5. The van der Waals surface area contributed by atoms with E-state index in [2.05, 4.69) is 25.1 Å². The topological polar surface area (TPSA) is 39.5 Å². The summed E-state index contributed by atoms with van der Waals surface area (Å²) in [7, 11) is 3.52. The average Bonchev–Trinajstić information content (AvgIpc) is 2.27. The van der Waals surface area contributed by atoms with Gasteiger partial charge in [0.2, 0.25) is 0 Å². The molecular weight excluding hydrogens is 198 g/mol. The highest BCUT2D eigenvalue weighted by Gasteiger charge is 2.07. The maximum Gasteiger partial charge on any atom is 0.0968 e. The fourth-order valence-electron chi connectivity index (χ4n) is 0.989. The second-order valence-electron chi connectivity index (χ2n) is 3.55. The molecule has 16 heavy (non-hydrogen) atoms. The number of nitrogens with zero attached hydrogens (tertiary/aromatic N) is 2. The second-order valence-corrected chi connectivity index (χ2v) is 3.55. The first-order valence-electron chi connectivity index (χ1n) is 5.24. The van der Waals surface area contributed by atoms with Gasteiger partial charge >= 0.3 is 0 Å². The summed E-state index contributed by atoms with van der Waals surface area (Å²) in [6, 6.07) is 0. The molecule has 0 bridgehead atoms. The Kier molecular flexibility index (Phi) is 6.08. The SMILES string of the molecule is C=C(C=CC(=NC)C(=C)N(C)C(C)=N)CC. The number of amidine groups is 1. The van der Waals surface area contributed by atoms with Gasteiger partial charge in [-0.3, -0.25) is 10.4 Å². The van der Waals surface area contributed by atoms with Gasteiger partial charge in [-0.15, -0.1) is 0 Å². The van der Waals surface area contributed by atoms with Crippen LogP contribution in [0.2, 0.25) is 0 Å². The van der Waals surface area contributed by atoms with E-state index < -0.39 is 0 Å². The highest BCUT2D eigenvalue weighted by Crippen LogP contribution is 2.06. The molecule has 0 aromatic heterocycles. The molecule has 0 saturated carbocycles. The summed E-state index contributed by atoms with van der Waals surface area (Å²) in [5.74, 6) is 0.439. The van der Waals surface area contributed by atoms with Gasteiger partial charge in [0.05, 0.1) is 17.2 Å². The third-order valence-electron chi connectivity index (χ3n) is 2.38. The molecule has 0 atom stereocenters. The second kappa shape index (κ2) is 6.77. The fourth-order valence-corrected chi connectivity index (χ4v) is 0.989. The van der Waals surface area contributed by atoms with Gasteiger partial charge in [-0.1, -0.05) is 31.7 Å². The van der Waals surface area contributed by atoms with Crippen molar-refractivity contribution in [2.45, 2.75) is 20.3 Å². The van der Waals surface area contributed by atoms with Crippen LogP contribution < -0.4 is 0 Å². The molecule has 1 N–H and O–H groups in total. The Bertz CT molecular complexity index is 348. The van der Waals surface area contributed by atoms with Crippen LogP contribution in [0.3, 0.4) is 0 Å². The number of allylic oxidation sites excluding steroid dienone is 3. The van der Waals surface area contributed by atoms with Crippen molar-refractivity contribution in [3.8, 4) is 0 Å². The zero-order chi connectivity index (χ0) is 12.7. The van der Waals surface area contributed by atoms with Crippen molar-refractivity contribution >= 4 is 11.5 Å².